The second-order valence-corrected chi connectivity index (χ2v) is 5.72. The maximum atomic E-state index is 6.33. The first-order valence-electron chi connectivity index (χ1n) is 6.50. The molecular formula is C16H17BrClNO. The van der Waals surface area contributed by atoms with Crippen molar-refractivity contribution < 1.29 is 4.74 Å². The van der Waals surface area contributed by atoms with Crippen LogP contribution in [0.5, 0.6) is 5.75 Å². The Morgan fingerprint density at radius 1 is 1.25 bits per heavy atom. The molecule has 4 heteroatoms. The fourth-order valence-electron chi connectivity index (χ4n) is 2.19. The Balaban J connectivity index is 2.41. The van der Waals surface area contributed by atoms with Crippen molar-refractivity contribution in [3.05, 3.63) is 63.1 Å². The van der Waals surface area contributed by atoms with E-state index < -0.39 is 0 Å². The van der Waals surface area contributed by atoms with Crippen molar-refractivity contribution in [2.75, 3.05) is 13.7 Å². The average molecular weight is 355 g/mol. The first-order valence-corrected chi connectivity index (χ1v) is 7.67. The molecule has 1 N–H and O–H groups in total. The fourth-order valence-corrected chi connectivity index (χ4v) is 2.79. The van der Waals surface area contributed by atoms with Crippen LogP contribution in [-0.4, -0.2) is 13.7 Å². The second kappa shape index (κ2) is 7.11. The standard InChI is InChI=1S/C16H17BrClNO/c1-3-20-13-6-4-5-11(9-13)16(19-2)14-10-12(17)7-8-15(14)18/h4-10,16,19H,3H2,1-2H3. The van der Waals surface area contributed by atoms with Crippen LogP contribution in [0, 0.1) is 0 Å². The van der Waals surface area contributed by atoms with Gasteiger partial charge in [0.25, 0.3) is 0 Å². The highest BCUT2D eigenvalue weighted by Crippen LogP contribution is 2.31. The number of rotatable bonds is 5. The molecule has 0 spiro atoms. The molecule has 0 heterocycles. The van der Waals surface area contributed by atoms with Crippen molar-refractivity contribution in [1.82, 2.24) is 5.32 Å². The molecule has 1 atom stereocenters. The maximum absolute atomic E-state index is 6.33. The zero-order valence-corrected chi connectivity index (χ0v) is 13.8. The Hall–Kier alpha value is -1.03. The van der Waals surface area contributed by atoms with Crippen LogP contribution >= 0.6 is 27.5 Å². The molecule has 0 bridgehead atoms. The van der Waals surface area contributed by atoms with Crippen LogP contribution < -0.4 is 10.1 Å². The normalized spacial score (nSPS) is 12.2. The van der Waals surface area contributed by atoms with Crippen molar-refractivity contribution in [2.24, 2.45) is 0 Å². The molecule has 106 valence electrons. The van der Waals surface area contributed by atoms with Crippen LogP contribution in [0.3, 0.4) is 0 Å². The largest absolute Gasteiger partial charge is 0.494 e. The van der Waals surface area contributed by atoms with Gasteiger partial charge < -0.3 is 10.1 Å². The molecule has 0 saturated carbocycles. The van der Waals surface area contributed by atoms with Crippen molar-refractivity contribution >= 4 is 27.5 Å². The van der Waals surface area contributed by atoms with E-state index in [-0.39, 0.29) is 6.04 Å². The topological polar surface area (TPSA) is 21.3 Å². The van der Waals surface area contributed by atoms with E-state index in [1.54, 1.807) is 0 Å². The minimum absolute atomic E-state index is 0.0282. The van der Waals surface area contributed by atoms with Gasteiger partial charge in [-0.25, -0.2) is 0 Å². The maximum Gasteiger partial charge on any atom is 0.119 e. The lowest BCUT2D eigenvalue weighted by Crippen LogP contribution is -2.18. The van der Waals surface area contributed by atoms with Crippen LogP contribution in [0.2, 0.25) is 5.02 Å². The fraction of sp³-hybridized carbons (Fsp3) is 0.250. The predicted octanol–water partition coefficient (Wildman–Crippen LogP) is 4.81. The monoisotopic (exact) mass is 353 g/mol. The molecule has 0 saturated heterocycles. The Bertz CT molecular complexity index is 588. The second-order valence-electron chi connectivity index (χ2n) is 4.39. The predicted molar refractivity (Wildman–Crippen MR) is 87.7 cm³/mol. The number of nitrogens with one attached hydrogen (secondary N) is 1. The van der Waals surface area contributed by atoms with E-state index in [1.165, 1.54) is 0 Å². The van der Waals surface area contributed by atoms with Crippen LogP contribution in [-0.2, 0) is 0 Å². The molecule has 0 fully saturated rings. The molecule has 0 aliphatic carbocycles. The first kappa shape index (κ1) is 15.4. The van der Waals surface area contributed by atoms with E-state index in [1.807, 2.05) is 50.4 Å². The SMILES string of the molecule is CCOc1cccc(C(NC)c2cc(Br)ccc2Cl)c1. The first-order chi connectivity index (χ1) is 9.65. The highest BCUT2D eigenvalue weighted by molar-refractivity contribution is 9.10. The van der Waals surface area contributed by atoms with Crippen molar-refractivity contribution in [3.8, 4) is 5.75 Å². The summed E-state index contributed by atoms with van der Waals surface area (Å²) in [5.41, 5.74) is 2.16. The lowest BCUT2D eigenvalue weighted by molar-refractivity contribution is 0.339. The third-order valence-corrected chi connectivity index (χ3v) is 3.90. The van der Waals surface area contributed by atoms with E-state index in [4.69, 9.17) is 16.3 Å². The Morgan fingerprint density at radius 2 is 2.05 bits per heavy atom. The lowest BCUT2D eigenvalue weighted by atomic mass is 9.98. The molecule has 2 aromatic carbocycles. The molecule has 2 aromatic rings. The van der Waals surface area contributed by atoms with Crippen molar-refractivity contribution in [2.45, 2.75) is 13.0 Å². The summed E-state index contributed by atoms with van der Waals surface area (Å²) < 4.78 is 6.57. The minimum atomic E-state index is 0.0282. The molecule has 1 unspecified atom stereocenters. The number of ether oxygens (including phenoxy) is 1. The zero-order chi connectivity index (χ0) is 14.5. The van der Waals surface area contributed by atoms with Gasteiger partial charge in [-0.3, -0.25) is 0 Å². The molecular weight excluding hydrogens is 338 g/mol. The van der Waals surface area contributed by atoms with Gasteiger partial charge in [0.2, 0.25) is 0 Å². The van der Waals surface area contributed by atoms with Gasteiger partial charge in [-0.05, 0) is 55.4 Å². The van der Waals surface area contributed by atoms with E-state index in [0.717, 1.165) is 26.4 Å². The summed E-state index contributed by atoms with van der Waals surface area (Å²) in [5.74, 6) is 0.872. The molecule has 0 radical (unpaired) electrons. The summed E-state index contributed by atoms with van der Waals surface area (Å²) in [7, 11) is 1.93. The molecule has 0 aliphatic heterocycles. The van der Waals surface area contributed by atoms with E-state index in [0.29, 0.717) is 6.61 Å². The number of halogens is 2. The van der Waals surface area contributed by atoms with Crippen LogP contribution in [0.4, 0.5) is 0 Å². The lowest BCUT2D eigenvalue weighted by Gasteiger charge is -2.19. The molecule has 0 amide bonds. The third kappa shape index (κ3) is 3.54. The molecule has 2 rings (SSSR count). The van der Waals surface area contributed by atoms with Gasteiger partial charge in [0.05, 0.1) is 12.6 Å². The average Bonchev–Trinajstić information content (AvgIpc) is 2.44. The summed E-state index contributed by atoms with van der Waals surface area (Å²) in [4.78, 5) is 0. The van der Waals surface area contributed by atoms with E-state index in [9.17, 15) is 0 Å². The summed E-state index contributed by atoms with van der Waals surface area (Å²) >= 11 is 9.82. The number of hydrogen-bond acceptors (Lipinski definition) is 2. The Morgan fingerprint density at radius 3 is 2.75 bits per heavy atom. The summed E-state index contributed by atoms with van der Waals surface area (Å²) in [6.07, 6.45) is 0. The number of hydrogen-bond donors (Lipinski definition) is 1. The zero-order valence-electron chi connectivity index (χ0n) is 11.5. The van der Waals surface area contributed by atoms with Gasteiger partial charge >= 0.3 is 0 Å². The number of benzene rings is 2. The summed E-state index contributed by atoms with van der Waals surface area (Å²) in [6, 6.07) is 14.0. The van der Waals surface area contributed by atoms with E-state index in [2.05, 4.69) is 27.3 Å². The molecule has 0 aliphatic rings. The van der Waals surface area contributed by atoms with Gasteiger partial charge in [-0.15, -0.1) is 0 Å². The molecule has 2 nitrogen and oxygen atoms in total. The van der Waals surface area contributed by atoms with Gasteiger partial charge in [0.15, 0.2) is 0 Å². The summed E-state index contributed by atoms with van der Waals surface area (Å²) in [5, 5.41) is 4.06. The van der Waals surface area contributed by atoms with Crippen LogP contribution in [0.25, 0.3) is 0 Å². The molecule has 0 aromatic heterocycles. The van der Waals surface area contributed by atoms with E-state index >= 15 is 0 Å². The van der Waals surface area contributed by atoms with Crippen LogP contribution in [0.15, 0.2) is 46.9 Å². The highest BCUT2D eigenvalue weighted by Gasteiger charge is 2.16. The smallest absolute Gasteiger partial charge is 0.119 e. The van der Waals surface area contributed by atoms with Crippen LogP contribution in [0.1, 0.15) is 24.1 Å². The highest BCUT2D eigenvalue weighted by atomic mass is 79.9. The van der Waals surface area contributed by atoms with Gasteiger partial charge in [0, 0.05) is 9.50 Å². The molecule has 20 heavy (non-hydrogen) atoms. The Labute approximate surface area is 133 Å². The quantitative estimate of drug-likeness (QED) is 0.832. The van der Waals surface area contributed by atoms with Crippen molar-refractivity contribution in [3.63, 3.8) is 0 Å². The Kier molecular flexibility index (Phi) is 5.46. The van der Waals surface area contributed by atoms with Gasteiger partial charge in [-0.2, -0.15) is 0 Å². The van der Waals surface area contributed by atoms with Gasteiger partial charge in [-0.1, -0.05) is 39.7 Å². The van der Waals surface area contributed by atoms with Gasteiger partial charge in [0.1, 0.15) is 5.75 Å². The minimum Gasteiger partial charge on any atom is -0.494 e. The van der Waals surface area contributed by atoms with Crippen molar-refractivity contribution in [1.29, 1.82) is 0 Å². The summed E-state index contributed by atoms with van der Waals surface area (Å²) in [6.45, 7) is 2.64. The third-order valence-electron chi connectivity index (χ3n) is 3.06.